The monoisotopic (exact) mass is 446 g/mol. The van der Waals surface area contributed by atoms with Crippen molar-refractivity contribution in [1.29, 1.82) is 0 Å². The van der Waals surface area contributed by atoms with Gasteiger partial charge in [0, 0.05) is 10.6 Å². The van der Waals surface area contributed by atoms with Crippen LogP contribution in [0.4, 0.5) is 0 Å². The van der Waals surface area contributed by atoms with Crippen molar-refractivity contribution in [3.63, 3.8) is 0 Å². The molecule has 30 heavy (non-hydrogen) atoms. The summed E-state index contributed by atoms with van der Waals surface area (Å²) in [4.78, 5) is 29.5. The largest absolute Gasteiger partial charge is 0.494 e. The Kier molecular flexibility index (Phi) is 7.29. The molecular weight excluding hydrogens is 424 g/mol. The van der Waals surface area contributed by atoms with Crippen molar-refractivity contribution >= 4 is 45.0 Å². The molecule has 0 spiro atoms. The zero-order valence-corrected chi connectivity index (χ0v) is 18.7. The quantitative estimate of drug-likeness (QED) is 0.387. The highest BCUT2D eigenvalue weighted by Crippen LogP contribution is 2.27. The van der Waals surface area contributed by atoms with E-state index in [1.54, 1.807) is 28.8 Å². The van der Waals surface area contributed by atoms with Crippen molar-refractivity contribution in [2.24, 2.45) is 4.99 Å². The fourth-order valence-electron chi connectivity index (χ4n) is 2.95. The van der Waals surface area contributed by atoms with Crippen LogP contribution in [0.15, 0.2) is 41.4 Å². The third-order valence-electron chi connectivity index (χ3n) is 4.59. The van der Waals surface area contributed by atoms with Crippen LogP contribution in [-0.4, -0.2) is 30.2 Å². The Morgan fingerprint density at radius 3 is 2.77 bits per heavy atom. The number of benzene rings is 2. The van der Waals surface area contributed by atoms with Gasteiger partial charge in [-0.15, -0.1) is 0 Å². The predicted molar refractivity (Wildman–Crippen MR) is 118 cm³/mol. The summed E-state index contributed by atoms with van der Waals surface area (Å²) >= 11 is 7.60. The number of hydrogen-bond donors (Lipinski definition) is 0. The SMILES string of the molecule is CCCCOc1cccc(C(=O)N=c2sc3ccc(Cl)c(C)c3n2CC(=O)OC)c1. The molecule has 6 nitrogen and oxygen atoms in total. The van der Waals surface area contributed by atoms with E-state index in [2.05, 4.69) is 11.9 Å². The molecule has 1 amide bonds. The highest BCUT2D eigenvalue weighted by molar-refractivity contribution is 7.16. The van der Waals surface area contributed by atoms with Crippen molar-refractivity contribution in [2.45, 2.75) is 33.2 Å². The Bertz CT molecular complexity index is 1150. The fraction of sp³-hybridized carbons (Fsp3) is 0.318. The fourth-order valence-corrected chi connectivity index (χ4v) is 4.19. The van der Waals surface area contributed by atoms with E-state index in [1.165, 1.54) is 18.4 Å². The third-order valence-corrected chi connectivity index (χ3v) is 6.04. The second-order valence-electron chi connectivity index (χ2n) is 6.71. The van der Waals surface area contributed by atoms with Crippen molar-refractivity contribution in [1.82, 2.24) is 4.57 Å². The van der Waals surface area contributed by atoms with E-state index < -0.39 is 11.9 Å². The van der Waals surface area contributed by atoms with Crippen molar-refractivity contribution < 1.29 is 19.1 Å². The van der Waals surface area contributed by atoms with E-state index in [0.29, 0.717) is 27.7 Å². The van der Waals surface area contributed by atoms with Crippen LogP contribution in [0.5, 0.6) is 5.75 Å². The molecular formula is C22H23ClN2O4S. The molecule has 2 aromatic carbocycles. The Balaban J connectivity index is 2.04. The Morgan fingerprint density at radius 2 is 2.03 bits per heavy atom. The predicted octanol–water partition coefficient (Wildman–Crippen LogP) is 4.76. The number of esters is 1. The smallest absolute Gasteiger partial charge is 0.325 e. The number of aromatic nitrogens is 1. The van der Waals surface area contributed by atoms with Gasteiger partial charge in [-0.1, -0.05) is 42.3 Å². The van der Waals surface area contributed by atoms with Gasteiger partial charge in [0.25, 0.3) is 5.91 Å². The Morgan fingerprint density at radius 1 is 1.23 bits per heavy atom. The van der Waals surface area contributed by atoms with Crippen LogP contribution < -0.4 is 9.54 Å². The van der Waals surface area contributed by atoms with Gasteiger partial charge < -0.3 is 14.0 Å². The topological polar surface area (TPSA) is 69.9 Å². The van der Waals surface area contributed by atoms with Gasteiger partial charge >= 0.3 is 5.97 Å². The molecule has 0 N–H and O–H groups in total. The second-order valence-corrected chi connectivity index (χ2v) is 8.13. The van der Waals surface area contributed by atoms with Gasteiger partial charge in [0.1, 0.15) is 12.3 Å². The first-order valence-electron chi connectivity index (χ1n) is 9.61. The number of aryl methyl sites for hydroxylation is 1. The van der Waals surface area contributed by atoms with Crippen LogP contribution in [0.2, 0.25) is 5.02 Å². The normalized spacial score (nSPS) is 11.7. The van der Waals surface area contributed by atoms with Gasteiger partial charge in [-0.3, -0.25) is 9.59 Å². The van der Waals surface area contributed by atoms with Gasteiger partial charge in [0.15, 0.2) is 4.80 Å². The highest BCUT2D eigenvalue weighted by Gasteiger charge is 2.15. The molecule has 0 aliphatic carbocycles. The third kappa shape index (κ3) is 4.91. The van der Waals surface area contributed by atoms with Gasteiger partial charge in [-0.2, -0.15) is 4.99 Å². The number of nitrogens with zero attached hydrogens (tertiary/aromatic N) is 2. The average Bonchev–Trinajstić information content (AvgIpc) is 3.08. The lowest BCUT2D eigenvalue weighted by atomic mass is 10.2. The Labute approximate surface area is 183 Å². The van der Waals surface area contributed by atoms with E-state index >= 15 is 0 Å². The summed E-state index contributed by atoms with van der Waals surface area (Å²) in [5, 5.41) is 0.578. The maximum atomic E-state index is 12.9. The van der Waals surface area contributed by atoms with E-state index in [4.69, 9.17) is 21.1 Å². The molecule has 1 aromatic heterocycles. The molecule has 0 aliphatic rings. The van der Waals surface area contributed by atoms with Gasteiger partial charge in [0.2, 0.25) is 0 Å². The molecule has 0 atom stereocenters. The lowest BCUT2D eigenvalue weighted by Crippen LogP contribution is -2.22. The van der Waals surface area contributed by atoms with Crippen molar-refractivity contribution in [2.75, 3.05) is 13.7 Å². The van der Waals surface area contributed by atoms with Crippen molar-refractivity contribution in [3.05, 3.63) is 57.3 Å². The first-order chi connectivity index (χ1) is 14.4. The van der Waals surface area contributed by atoms with Crippen LogP contribution in [0.1, 0.15) is 35.7 Å². The van der Waals surface area contributed by atoms with Crippen LogP contribution in [-0.2, 0) is 16.1 Å². The molecule has 0 fully saturated rings. The zero-order chi connectivity index (χ0) is 21.7. The number of carbonyl (C=O) groups excluding carboxylic acids is 2. The minimum Gasteiger partial charge on any atom is -0.494 e. The van der Waals surface area contributed by atoms with E-state index in [9.17, 15) is 9.59 Å². The minimum absolute atomic E-state index is 0.0655. The van der Waals surface area contributed by atoms with Crippen molar-refractivity contribution in [3.8, 4) is 5.75 Å². The van der Waals surface area contributed by atoms with Gasteiger partial charge in [-0.25, -0.2) is 0 Å². The Hall–Kier alpha value is -2.64. The number of hydrogen-bond acceptors (Lipinski definition) is 5. The summed E-state index contributed by atoms with van der Waals surface area (Å²) < 4.78 is 13.1. The first kappa shape index (κ1) is 22.1. The standard InChI is InChI=1S/C22H23ClN2O4S/c1-4-5-11-29-16-8-6-7-15(12-16)21(27)24-22-25(13-19(26)28-3)20-14(2)17(23)9-10-18(20)30-22/h6-10,12H,4-5,11,13H2,1-3H3. The molecule has 8 heteroatoms. The van der Waals surface area contributed by atoms with E-state index in [1.807, 2.05) is 19.1 Å². The summed E-state index contributed by atoms with van der Waals surface area (Å²) in [6, 6.07) is 10.6. The van der Waals surface area contributed by atoms with Crippen LogP contribution in [0.3, 0.4) is 0 Å². The van der Waals surface area contributed by atoms with Gasteiger partial charge in [-0.05, 0) is 49.2 Å². The zero-order valence-electron chi connectivity index (χ0n) is 17.1. The number of thiazole rings is 1. The highest BCUT2D eigenvalue weighted by atomic mass is 35.5. The molecule has 1 heterocycles. The molecule has 3 aromatic rings. The molecule has 0 radical (unpaired) electrons. The molecule has 0 saturated carbocycles. The van der Waals surface area contributed by atoms with Crippen LogP contribution >= 0.6 is 22.9 Å². The summed E-state index contributed by atoms with van der Waals surface area (Å²) in [5.41, 5.74) is 2.00. The van der Waals surface area contributed by atoms with E-state index in [-0.39, 0.29) is 6.54 Å². The molecule has 0 aliphatic heterocycles. The van der Waals surface area contributed by atoms with Crippen LogP contribution in [0, 0.1) is 6.92 Å². The number of methoxy groups -OCH3 is 1. The molecule has 0 bridgehead atoms. The molecule has 0 unspecified atom stereocenters. The average molecular weight is 447 g/mol. The number of unbranched alkanes of at least 4 members (excludes halogenated alkanes) is 1. The summed E-state index contributed by atoms with van der Waals surface area (Å²) in [6.07, 6.45) is 1.98. The second kappa shape index (κ2) is 9.91. The summed E-state index contributed by atoms with van der Waals surface area (Å²) in [7, 11) is 1.32. The van der Waals surface area contributed by atoms with Gasteiger partial charge in [0.05, 0.1) is 23.9 Å². The first-order valence-corrected chi connectivity index (χ1v) is 10.8. The number of halogens is 1. The number of rotatable bonds is 7. The summed E-state index contributed by atoms with van der Waals surface area (Å²) in [6.45, 7) is 4.49. The number of amides is 1. The summed E-state index contributed by atoms with van der Waals surface area (Å²) in [5.74, 6) is -0.218. The minimum atomic E-state index is -0.436. The van der Waals surface area contributed by atoms with Crippen LogP contribution in [0.25, 0.3) is 10.2 Å². The molecule has 158 valence electrons. The lowest BCUT2D eigenvalue weighted by molar-refractivity contribution is -0.141. The lowest BCUT2D eigenvalue weighted by Gasteiger charge is -2.07. The van der Waals surface area contributed by atoms with E-state index in [0.717, 1.165) is 28.6 Å². The molecule has 3 rings (SSSR count). The maximum absolute atomic E-state index is 12.9. The number of carbonyl (C=O) groups is 2. The number of ether oxygens (including phenoxy) is 2. The maximum Gasteiger partial charge on any atom is 0.325 e. The molecule has 0 saturated heterocycles. The number of fused-ring (bicyclic) bond motifs is 1.